The smallest absolute Gasteiger partial charge is 0.407 e. The van der Waals surface area contributed by atoms with Gasteiger partial charge in [-0.05, 0) is 69.7 Å². The van der Waals surface area contributed by atoms with Gasteiger partial charge in [0.05, 0.1) is 11.6 Å². The van der Waals surface area contributed by atoms with E-state index in [4.69, 9.17) is 14.7 Å². The highest BCUT2D eigenvalue weighted by Gasteiger charge is 2.24. The van der Waals surface area contributed by atoms with Crippen molar-refractivity contribution in [3.63, 3.8) is 0 Å². The minimum absolute atomic E-state index is 0.117. The molecule has 3 aromatic rings. The monoisotopic (exact) mass is 432 g/mol. The minimum atomic E-state index is -0.345. The predicted octanol–water partition coefficient (Wildman–Crippen LogP) is 5.26. The highest BCUT2D eigenvalue weighted by molar-refractivity contribution is 5.91. The number of ether oxygens (including phenoxy) is 1. The van der Waals surface area contributed by atoms with Crippen molar-refractivity contribution in [2.45, 2.75) is 46.6 Å². The van der Waals surface area contributed by atoms with Crippen LogP contribution in [-0.4, -0.2) is 41.8 Å². The zero-order chi connectivity index (χ0) is 22.7. The van der Waals surface area contributed by atoms with Gasteiger partial charge in [-0.1, -0.05) is 30.3 Å². The zero-order valence-corrected chi connectivity index (χ0v) is 19.4. The predicted molar refractivity (Wildman–Crippen MR) is 129 cm³/mol. The molecular weight excluding hydrogens is 400 g/mol. The Kier molecular flexibility index (Phi) is 6.58. The fraction of sp³-hybridized carbons (Fsp3) is 0.423. The summed E-state index contributed by atoms with van der Waals surface area (Å²) >= 11 is 0. The third-order valence-electron chi connectivity index (χ3n) is 5.91. The van der Waals surface area contributed by atoms with Crippen LogP contribution in [0.25, 0.3) is 22.3 Å². The lowest BCUT2D eigenvalue weighted by molar-refractivity contribution is 0.114. The van der Waals surface area contributed by atoms with Crippen LogP contribution in [0, 0.1) is 19.8 Å². The molecule has 1 aromatic heterocycles. The van der Waals surface area contributed by atoms with Crippen LogP contribution in [0.1, 0.15) is 37.8 Å². The molecule has 0 spiro atoms. The van der Waals surface area contributed by atoms with Gasteiger partial charge < -0.3 is 15.0 Å². The molecule has 1 atom stereocenters. The lowest BCUT2D eigenvalue weighted by atomic mass is 9.97. The quantitative estimate of drug-likeness (QED) is 0.595. The molecule has 0 aliphatic carbocycles. The van der Waals surface area contributed by atoms with Crippen LogP contribution in [0.4, 0.5) is 10.6 Å². The molecule has 4 rings (SSSR count). The van der Waals surface area contributed by atoms with Crippen molar-refractivity contribution in [1.82, 2.24) is 15.3 Å². The van der Waals surface area contributed by atoms with Crippen LogP contribution in [0.2, 0.25) is 0 Å². The Morgan fingerprint density at radius 2 is 2.00 bits per heavy atom. The first-order chi connectivity index (χ1) is 15.4. The number of nitrogens with zero attached hydrogens (tertiary/aromatic N) is 3. The largest absolute Gasteiger partial charge is 0.447 e. The van der Waals surface area contributed by atoms with Crippen molar-refractivity contribution in [2.75, 3.05) is 24.5 Å². The molecule has 0 saturated carbocycles. The molecular formula is C26H32N4O2. The normalized spacial score (nSPS) is 16.4. The zero-order valence-electron chi connectivity index (χ0n) is 19.4. The molecule has 1 aliphatic rings. The minimum Gasteiger partial charge on any atom is -0.447 e. The number of amides is 1. The van der Waals surface area contributed by atoms with E-state index in [1.807, 2.05) is 26.0 Å². The lowest BCUT2D eigenvalue weighted by Crippen LogP contribution is -2.41. The Bertz CT molecular complexity index is 1110. The fourth-order valence-electron chi connectivity index (χ4n) is 4.32. The van der Waals surface area contributed by atoms with Crippen molar-refractivity contribution in [3.8, 4) is 11.4 Å². The molecule has 1 fully saturated rings. The molecule has 32 heavy (non-hydrogen) atoms. The number of anilines is 1. The number of alkyl carbamates (subject to hydrolysis) is 1. The van der Waals surface area contributed by atoms with E-state index in [1.165, 1.54) is 5.56 Å². The highest BCUT2D eigenvalue weighted by Crippen LogP contribution is 2.31. The van der Waals surface area contributed by atoms with Crippen molar-refractivity contribution < 1.29 is 9.53 Å². The van der Waals surface area contributed by atoms with Crippen LogP contribution < -0.4 is 10.2 Å². The number of aromatic nitrogens is 2. The molecule has 6 heteroatoms. The van der Waals surface area contributed by atoms with Crippen molar-refractivity contribution in [2.24, 2.45) is 5.92 Å². The van der Waals surface area contributed by atoms with Gasteiger partial charge in [0.2, 0.25) is 0 Å². The number of hydrogen-bond donors (Lipinski definition) is 1. The van der Waals surface area contributed by atoms with E-state index in [-0.39, 0.29) is 12.2 Å². The molecule has 168 valence electrons. The molecule has 0 unspecified atom stereocenters. The molecule has 1 N–H and O–H groups in total. The maximum atomic E-state index is 11.9. The maximum absolute atomic E-state index is 11.9. The molecule has 1 amide bonds. The number of nitrogens with one attached hydrogen (secondary N) is 1. The first-order valence-electron chi connectivity index (χ1n) is 11.4. The van der Waals surface area contributed by atoms with Crippen molar-refractivity contribution in [3.05, 3.63) is 53.6 Å². The van der Waals surface area contributed by atoms with Crippen molar-refractivity contribution >= 4 is 22.8 Å². The van der Waals surface area contributed by atoms with Crippen molar-refractivity contribution in [1.29, 1.82) is 0 Å². The standard InChI is InChI=1S/C26H32N4O2/c1-17(2)32-26(31)27-15-20-9-7-13-30(16-20)25-22-12-11-18(3)14-23(22)28-24(29-25)21-10-6-5-8-19(21)4/h5-6,8,10-12,14,17,20H,7,9,13,15-16H2,1-4H3,(H,27,31)/t20-/m0/s1. The number of hydrogen-bond acceptors (Lipinski definition) is 5. The highest BCUT2D eigenvalue weighted by atomic mass is 16.6. The van der Waals surface area contributed by atoms with Crippen LogP contribution in [0.3, 0.4) is 0 Å². The molecule has 1 aliphatic heterocycles. The van der Waals surface area contributed by atoms with Gasteiger partial charge in [-0.25, -0.2) is 14.8 Å². The van der Waals surface area contributed by atoms with Gasteiger partial charge >= 0.3 is 6.09 Å². The van der Waals surface area contributed by atoms with Gasteiger partial charge in [-0.3, -0.25) is 0 Å². The Morgan fingerprint density at radius 1 is 1.19 bits per heavy atom. The summed E-state index contributed by atoms with van der Waals surface area (Å²) in [6.07, 6.45) is 1.67. The lowest BCUT2D eigenvalue weighted by Gasteiger charge is -2.34. The van der Waals surface area contributed by atoms with Gasteiger partial charge in [0, 0.05) is 30.6 Å². The topological polar surface area (TPSA) is 67.4 Å². The summed E-state index contributed by atoms with van der Waals surface area (Å²) in [5, 5.41) is 3.99. The number of piperidine rings is 1. The van der Waals surface area contributed by atoms with Gasteiger partial charge in [0.25, 0.3) is 0 Å². The summed E-state index contributed by atoms with van der Waals surface area (Å²) < 4.78 is 5.21. The Morgan fingerprint density at radius 3 is 2.78 bits per heavy atom. The SMILES string of the molecule is Cc1ccc2c(N3CCC[C@@H](CNC(=O)OC(C)C)C3)nc(-c3ccccc3C)nc2c1. The van der Waals surface area contributed by atoms with E-state index in [2.05, 4.69) is 54.4 Å². The van der Waals surface area contributed by atoms with Gasteiger partial charge in [0.15, 0.2) is 5.82 Å². The summed E-state index contributed by atoms with van der Waals surface area (Å²) in [5.74, 6) is 2.08. The van der Waals surface area contributed by atoms with E-state index in [1.54, 1.807) is 0 Å². The summed E-state index contributed by atoms with van der Waals surface area (Å²) in [7, 11) is 0. The van der Waals surface area contributed by atoms with E-state index < -0.39 is 0 Å². The van der Waals surface area contributed by atoms with E-state index in [0.717, 1.165) is 59.6 Å². The number of aryl methyl sites for hydroxylation is 2. The summed E-state index contributed by atoms with van der Waals surface area (Å²) in [6.45, 7) is 10.3. The average molecular weight is 433 g/mol. The van der Waals surface area contributed by atoms with Crippen LogP contribution in [-0.2, 0) is 4.74 Å². The maximum Gasteiger partial charge on any atom is 0.407 e. The molecule has 2 heterocycles. The first kappa shape index (κ1) is 22.1. The Hall–Kier alpha value is -3.15. The van der Waals surface area contributed by atoms with Gasteiger partial charge in [0.1, 0.15) is 5.82 Å². The molecule has 2 aromatic carbocycles. The third-order valence-corrected chi connectivity index (χ3v) is 5.91. The van der Waals surface area contributed by atoms with E-state index in [0.29, 0.717) is 12.5 Å². The van der Waals surface area contributed by atoms with E-state index >= 15 is 0 Å². The fourth-order valence-corrected chi connectivity index (χ4v) is 4.32. The summed E-state index contributed by atoms with van der Waals surface area (Å²) in [6, 6.07) is 14.6. The van der Waals surface area contributed by atoms with Crippen LogP contribution in [0.15, 0.2) is 42.5 Å². The van der Waals surface area contributed by atoms with Gasteiger partial charge in [-0.2, -0.15) is 0 Å². The molecule has 0 radical (unpaired) electrons. The Balaban J connectivity index is 1.64. The number of rotatable bonds is 5. The molecule has 6 nitrogen and oxygen atoms in total. The second-order valence-corrected chi connectivity index (χ2v) is 9.00. The Labute approximate surface area is 190 Å². The number of fused-ring (bicyclic) bond motifs is 1. The molecule has 0 bridgehead atoms. The molecule has 1 saturated heterocycles. The van der Waals surface area contributed by atoms with E-state index in [9.17, 15) is 4.79 Å². The van der Waals surface area contributed by atoms with Gasteiger partial charge in [-0.15, -0.1) is 0 Å². The average Bonchev–Trinajstić information content (AvgIpc) is 2.77. The third kappa shape index (κ3) is 5.01. The second kappa shape index (κ2) is 9.55. The number of benzene rings is 2. The first-order valence-corrected chi connectivity index (χ1v) is 11.4. The number of carbonyl (C=O) groups excluding carboxylic acids is 1. The number of carbonyl (C=O) groups is 1. The summed E-state index contributed by atoms with van der Waals surface area (Å²) in [4.78, 5) is 24.2. The summed E-state index contributed by atoms with van der Waals surface area (Å²) in [5.41, 5.74) is 4.37. The second-order valence-electron chi connectivity index (χ2n) is 9.00. The van der Waals surface area contributed by atoms with Crippen LogP contribution >= 0.6 is 0 Å². The van der Waals surface area contributed by atoms with Crippen LogP contribution in [0.5, 0.6) is 0 Å².